The molecule has 0 aliphatic carbocycles. The van der Waals surface area contributed by atoms with Gasteiger partial charge in [-0.2, -0.15) is 13.6 Å². The summed E-state index contributed by atoms with van der Waals surface area (Å²) in [6.45, 7) is 0. The highest BCUT2D eigenvalue weighted by atomic mass is 32.2. The number of rotatable bonds is 3. The third kappa shape index (κ3) is 2.55. The first-order valence-corrected chi connectivity index (χ1v) is 5.72. The Morgan fingerprint density at radius 2 is 1.94 bits per heavy atom. The molecule has 1 aromatic carbocycles. The largest absolute Gasteiger partial charge is 0.381 e. The van der Waals surface area contributed by atoms with Crippen molar-refractivity contribution in [2.24, 2.45) is 5.14 Å². The number of nitrogens with zero attached hydrogens (tertiary/aromatic N) is 3. The van der Waals surface area contributed by atoms with Gasteiger partial charge in [0.25, 0.3) is 5.88 Å². The average molecular weight is 240 g/mol. The summed E-state index contributed by atoms with van der Waals surface area (Å²) in [7, 11) is -4.06. The molecule has 1 aromatic heterocycles. The maximum atomic E-state index is 10.6. The molecule has 7 nitrogen and oxygen atoms in total. The van der Waals surface area contributed by atoms with Gasteiger partial charge >= 0.3 is 10.3 Å². The van der Waals surface area contributed by atoms with Gasteiger partial charge in [0, 0.05) is 0 Å². The smallest absolute Gasteiger partial charge is 0.347 e. The van der Waals surface area contributed by atoms with E-state index in [1.165, 1.54) is 10.9 Å². The van der Waals surface area contributed by atoms with Crippen LogP contribution in [0.1, 0.15) is 0 Å². The van der Waals surface area contributed by atoms with Gasteiger partial charge in [-0.25, -0.2) is 4.68 Å². The van der Waals surface area contributed by atoms with Crippen molar-refractivity contribution in [3.8, 4) is 11.6 Å². The molecule has 2 N–H and O–H groups in total. The van der Waals surface area contributed by atoms with E-state index in [2.05, 4.69) is 19.6 Å². The summed E-state index contributed by atoms with van der Waals surface area (Å²) in [4.78, 5) is 0. The maximum Gasteiger partial charge on any atom is 0.381 e. The van der Waals surface area contributed by atoms with Crippen LogP contribution in [0.15, 0.2) is 36.5 Å². The molecule has 8 heteroatoms. The van der Waals surface area contributed by atoms with E-state index in [0.717, 1.165) is 5.69 Å². The zero-order chi connectivity index (χ0) is 11.6. The first-order chi connectivity index (χ1) is 7.54. The van der Waals surface area contributed by atoms with Gasteiger partial charge < -0.3 is 4.18 Å². The zero-order valence-electron chi connectivity index (χ0n) is 8.02. The summed E-state index contributed by atoms with van der Waals surface area (Å²) in [5.74, 6) is -0.175. The van der Waals surface area contributed by atoms with Gasteiger partial charge in [0.05, 0.1) is 11.9 Å². The van der Waals surface area contributed by atoms with Crippen molar-refractivity contribution in [2.75, 3.05) is 0 Å². The van der Waals surface area contributed by atoms with Gasteiger partial charge in [-0.1, -0.05) is 28.5 Å². The standard InChI is InChI=1S/C8H8N4O3S/c9-16(13,14)15-8-6-12(11-10-8)7-4-2-1-3-5-7/h1-6H,(H2,9,13,14). The molecular formula is C8H8N4O3S. The van der Waals surface area contributed by atoms with Gasteiger partial charge in [0.15, 0.2) is 0 Å². The summed E-state index contributed by atoms with van der Waals surface area (Å²) in [5.41, 5.74) is 0.735. The maximum absolute atomic E-state index is 10.6. The Balaban J connectivity index is 2.27. The molecule has 0 spiro atoms. The predicted molar refractivity (Wildman–Crippen MR) is 55.1 cm³/mol. The van der Waals surface area contributed by atoms with Crippen molar-refractivity contribution in [2.45, 2.75) is 0 Å². The van der Waals surface area contributed by atoms with E-state index in [1.54, 1.807) is 12.1 Å². The zero-order valence-corrected chi connectivity index (χ0v) is 8.83. The lowest BCUT2D eigenvalue weighted by Crippen LogP contribution is -2.19. The van der Waals surface area contributed by atoms with E-state index < -0.39 is 10.3 Å². The number of aromatic nitrogens is 3. The molecule has 0 saturated carbocycles. The van der Waals surface area contributed by atoms with E-state index in [9.17, 15) is 8.42 Å². The first-order valence-electron chi connectivity index (χ1n) is 4.24. The molecular weight excluding hydrogens is 232 g/mol. The minimum absolute atomic E-state index is 0.175. The molecule has 16 heavy (non-hydrogen) atoms. The van der Waals surface area contributed by atoms with Gasteiger partial charge in [-0.3, -0.25) is 0 Å². The van der Waals surface area contributed by atoms with Gasteiger partial charge in [0.1, 0.15) is 0 Å². The second-order valence-electron chi connectivity index (χ2n) is 2.91. The Kier molecular flexibility index (Phi) is 2.59. The molecule has 2 rings (SSSR count). The fourth-order valence-electron chi connectivity index (χ4n) is 1.11. The number of para-hydroxylation sites is 1. The Morgan fingerprint density at radius 1 is 1.25 bits per heavy atom. The number of hydrogen-bond acceptors (Lipinski definition) is 5. The Labute approximate surface area is 91.7 Å². The lowest BCUT2D eigenvalue weighted by atomic mass is 10.3. The Morgan fingerprint density at radius 3 is 2.56 bits per heavy atom. The van der Waals surface area contributed by atoms with E-state index in [0.29, 0.717) is 0 Å². The SMILES string of the molecule is NS(=O)(=O)Oc1cn(-c2ccccc2)nn1. The lowest BCUT2D eigenvalue weighted by Gasteiger charge is -1.97. The molecule has 0 unspecified atom stereocenters. The van der Waals surface area contributed by atoms with Gasteiger partial charge in [-0.05, 0) is 12.1 Å². The third-order valence-corrected chi connectivity index (χ3v) is 2.10. The minimum Gasteiger partial charge on any atom is -0.347 e. The van der Waals surface area contributed by atoms with Crippen molar-refractivity contribution >= 4 is 10.3 Å². The molecule has 2 aromatic rings. The summed E-state index contributed by atoms with van der Waals surface area (Å²) in [6.07, 6.45) is 1.32. The number of hydrogen-bond donors (Lipinski definition) is 1. The van der Waals surface area contributed by atoms with Crippen LogP contribution in [0, 0.1) is 0 Å². The van der Waals surface area contributed by atoms with Crippen molar-refractivity contribution in [3.05, 3.63) is 36.5 Å². The van der Waals surface area contributed by atoms with Crippen LogP contribution in [0.5, 0.6) is 5.88 Å². The highest BCUT2D eigenvalue weighted by Gasteiger charge is 2.09. The number of benzene rings is 1. The van der Waals surface area contributed by atoms with Crippen LogP contribution in [0.4, 0.5) is 0 Å². The van der Waals surface area contributed by atoms with Crippen molar-refractivity contribution < 1.29 is 12.6 Å². The normalized spacial score (nSPS) is 11.3. The summed E-state index contributed by atoms with van der Waals surface area (Å²) in [5, 5.41) is 11.9. The molecule has 0 bridgehead atoms. The molecule has 0 radical (unpaired) electrons. The van der Waals surface area contributed by atoms with Gasteiger partial charge in [0.2, 0.25) is 0 Å². The van der Waals surface area contributed by atoms with Crippen LogP contribution >= 0.6 is 0 Å². The first kappa shape index (κ1) is 10.6. The molecule has 0 aliphatic rings. The predicted octanol–water partition coefficient (Wildman–Crippen LogP) is -0.150. The summed E-state index contributed by atoms with van der Waals surface area (Å²) in [6, 6.07) is 9.06. The molecule has 0 aliphatic heterocycles. The quantitative estimate of drug-likeness (QED) is 0.804. The van der Waals surface area contributed by atoms with E-state index in [-0.39, 0.29) is 5.88 Å². The summed E-state index contributed by atoms with van der Waals surface area (Å²) >= 11 is 0. The van der Waals surface area contributed by atoms with Crippen LogP contribution in [-0.4, -0.2) is 23.4 Å². The molecule has 0 amide bonds. The van der Waals surface area contributed by atoms with Crippen LogP contribution < -0.4 is 9.32 Å². The Bertz CT molecular complexity index is 578. The lowest BCUT2D eigenvalue weighted by molar-refractivity contribution is 0.477. The molecule has 0 atom stereocenters. The second kappa shape index (κ2) is 3.91. The van der Waals surface area contributed by atoms with Gasteiger partial charge in [-0.15, -0.1) is 0 Å². The fraction of sp³-hybridized carbons (Fsp3) is 0. The van der Waals surface area contributed by atoms with Crippen LogP contribution in [0.2, 0.25) is 0 Å². The molecule has 0 fully saturated rings. The van der Waals surface area contributed by atoms with E-state index in [4.69, 9.17) is 0 Å². The number of nitrogens with two attached hydrogens (primary N) is 1. The minimum atomic E-state index is -4.06. The molecule has 1 heterocycles. The van der Waals surface area contributed by atoms with E-state index in [1.807, 2.05) is 18.2 Å². The fourth-order valence-corrected chi connectivity index (χ4v) is 1.43. The molecule has 84 valence electrons. The van der Waals surface area contributed by atoms with Crippen molar-refractivity contribution in [3.63, 3.8) is 0 Å². The molecule has 0 saturated heterocycles. The second-order valence-corrected chi connectivity index (χ2v) is 4.07. The monoisotopic (exact) mass is 240 g/mol. The average Bonchev–Trinajstić information content (AvgIpc) is 2.65. The van der Waals surface area contributed by atoms with Crippen molar-refractivity contribution in [1.82, 2.24) is 15.0 Å². The van der Waals surface area contributed by atoms with Crippen LogP contribution in [0.25, 0.3) is 5.69 Å². The topological polar surface area (TPSA) is 100 Å². The van der Waals surface area contributed by atoms with Crippen LogP contribution in [0.3, 0.4) is 0 Å². The van der Waals surface area contributed by atoms with Crippen molar-refractivity contribution in [1.29, 1.82) is 0 Å². The summed E-state index contributed by atoms with van der Waals surface area (Å²) < 4.78 is 27.0. The highest BCUT2D eigenvalue weighted by molar-refractivity contribution is 7.84. The van der Waals surface area contributed by atoms with E-state index >= 15 is 0 Å². The third-order valence-electron chi connectivity index (χ3n) is 1.69. The Hall–Kier alpha value is -1.93. The van der Waals surface area contributed by atoms with Crippen LogP contribution in [-0.2, 0) is 10.3 Å². The highest BCUT2D eigenvalue weighted by Crippen LogP contribution is 2.10.